The van der Waals surface area contributed by atoms with Gasteiger partial charge in [0.1, 0.15) is 6.10 Å². The Bertz CT molecular complexity index is 556. The third-order valence-corrected chi connectivity index (χ3v) is 2.89. The van der Waals surface area contributed by atoms with Crippen LogP contribution in [0.4, 0.5) is 0 Å². The molecule has 106 valence electrons. The molecule has 7 nitrogen and oxygen atoms in total. The summed E-state index contributed by atoms with van der Waals surface area (Å²) in [5.74, 6) is 2.09. The molecule has 0 saturated carbocycles. The van der Waals surface area contributed by atoms with Gasteiger partial charge in [0.15, 0.2) is 12.2 Å². The van der Waals surface area contributed by atoms with Gasteiger partial charge in [0.2, 0.25) is 0 Å². The van der Waals surface area contributed by atoms with Crippen molar-refractivity contribution in [2.75, 3.05) is 0 Å². The molecule has 1 aliphatic carbocycles. The van der Waals surface area contributed by atoms with Crippen LogP contribution in [0.5, 0.6) is 0 Å². The molecule has 1 aromatic carbocycles. The van der Waals surface area contributed by atoms with Gasteiger partial charge in [0.25, 0.3) is 0 Å². The molecule has 0 heterocycles. The summed E-state index contributed by atoms with van der Waals surface area (Å²) >= 11 is 0. The summed E-state index contributed by atoms with van der Waals surface area (Å²) in [6, 6.07) is 7.23. The highest BCUT2D eigenvalue weighted by Crippen LogP contribution is 2.30. The molecule has 0 radical (unpaired) electrons. The van der Waals surface area contributed by atoms with Gasteiger partial charge in [-0.05, 0) is 11.6 Å². The van der Waals surface area contributed by atoms with Gasteiger partial charge in [0.05, 0.1) is 0 Å². The number of ether oxygens (including phenoxy) is 1. The summed E-state index contributed by atoms with van der Waals surface area (Å²) in [7, 11) is 0. The van der Waals surface area contributed by atoms with Crippen LogP contribution in [-0.2, 0) is 19.2 Å². The van der Waals surface area contributed by atoms with Crippen LogP contribution in [0.1, 0.15) is 17.2 Å². The Kier molecular flexibility index (Phi) is 4.14. The van der Waals surface area contributed by atoms with Gasteiger partial charge in [-0.25, -0.2) is 9.59 Å². The molecule has 0 fully saturated rings. The summed E-state index contributed by atoms with van der Waals surface area (Å²) in [4.78, 5) is 26.3. The first-order valence-corrected chi connectivity index (χ1v) is 5.79. The van der Waals surface area contributed by atoms with Gasteiger partial charge in [0, 0.05) is 5.56 Å². The predicted octanol–water partition coefficient (Wildman–Crippen LogP) is -0.564. The zero-order valence-corrected chi connectivity index (χ0v) is 10.3. The van der Waals surface area contributed by atoms with Crippen LogP contribution in [-0.4, -0.2) is 34.4 Å². The second-order valence-corrected chi connectivity index (χ2v) is 4.17. The maximum Gasteiger partial charge on any atom is 0.356 e. The fraction of sp³-hybridized carbons (Fsp3) is 0.231. The fourth-order valence-electron chi connectivity index (χ4n) is 1.84. The van der Waals surface area contributed by atoms with E-state index in [1.807, 2.05) is 12.1 Å². The molecule has 20 heavy (non-hydrogen) atoms. The highest BCUT2D eigenvalue weighted by molar-refractivity contribution is 5.85. The second kappa shape index (κ2) is 5.83. The molecule has 0 spiro atoms. The normalized spacial score (nSPS) is 19.1. The third kappa shape index (κ3) is 2.69. The smallest absolute Gasteiger partial charge is 0.356 e. The molecule has 0 bridgehead atoms. The molecule has 1 aliphatic rings. The molecule has 0 aliphatic heterocycles. The molecule has 4 N–H and O–H groups in total. The number of aliphatic hydroxyl groups excluding tert-OH is 2. The summed E-state index contributed by atoms with van der Waals surface area (Å²) in [6.07, 6.45) is -1.43. The van der Waals surface area contributed by atoms with Crippen LogP contribution in [0, 0.1) is 0 Å². The lowest BCUT2D eigenvalue weighted by Gasteiger charge is -2.17. The molecular weight excluding hydrogens is 266 g/mol. The maximum absolute atomic E-state index is 11.7. The van der Waals surface area contributed by atoms with E-state index in [9.17, 15) is 19.8 Å². The summed E-state index contributed by atoms with van der Waals surface area (Å²) in [5.41, 5.74) is 1.64. The summed E-state index contributed by atoms with van der Waals surface area (Å²) in [6.45, 7) is 0. The molecule has 2 rings (SSSR count). The standard InChI is InChI=1S/C13H13NO6/c14-20-13(18)11(16)10(15)12(17)19-9-6-5-7-3-1-2-4-8(7)9/h1-6,9-11,15-16H,14H2. The van der Waals surface area contributed by atoms with E-state index >= 15 is 0 Å². The van der Waals surface area contributed by atoms with Gasteiger partial charge in [-0.2, -0.15) is 5.90 Å². The average molecular weight is 279 g/mol. The topological polar surface area (TPSA) is 119 Å². The number of fused-ring (bicyclic) bond motifs is 1. The van der Waals surface area contributed by atoms with E-state index in [4.69, 9.17) is 4.74 Å². The van der Waals surface area contributed by atoms with Crippen molar-refractivity contribution in [2.24, 2.45) is 5.90 Å². The monoisotopic (exact) mass is 279 g/mol. The highest BCUT2D eigenvalue weighted by atomic mass is 16.7. The number of hydrogen-bond donors (Lipinski definition) is 3. The van der Waals surface area contributed by atoms with Crippen molar-refractivity contribution >= 4 is 18.0 Å². The summed E-state index contributed by atoms with van der Waals surface area (Å²) < 4.78 is 5.03. The van der Waals surface area contributed by atoms with E-state index in [0.29, 0.717) is 0 Å². The van der Waals surface area contributed by atoms with Crippen molar-refractivity contribution in [3.8, 4) is 0 Å². The van der Waals surface area contributed by atoms with Gasteiger partial charge >= 0.3 is 11.9 Å². The zero-order chi connectivity index (χ0) is 14.7. The first-order chi connectivity index (χ1) is 9.54. The Balaban J connectivity index is 2.03. The first-order valence-electron chi connectivity index (χ1n) is 5.79. The van der Waals surface area contributed by atoms with Gasteiger partial charge in [-0.15, -0.1) is 0 Å². The van der Waals surface area contributed by atoms with Crippen LogP contribution in [0.15, 0.2) is 30.3 Å². The van der Waals surface area contributed by atoms with Crippen LogP contribution in [0.2, 0.25) is 0 Å². The van der Waals surface area contributed by atoms with Crippen molar-refractivity contribution in [3.63, 3.8) is 0 Å². The van der Waals surface area contributed by atoms with Crippen molar-refractivity contribution in [1.29, 1.82) is 0 Å². The van der Waals surface area contributed by atoms with Crippen molar-refractivity contribution in [1.82, 2.24) is 0 Å². The Morgan fingerprint density at radius 2 is 1.80 bits per heavy atom. The zero-order valence-electron chi connectivity index (χ0n) is 10.3. The minimum absolute atomic E-state index is 0.672. The Morgan fingerprint density at radius 1 is 1.15 bits per heavy atom. The van der Waals surface area contributed by atoms with Gasteiger partial charge < -0.3 is 19.8 Å². The quantitative estimate of drug-likeness (QED) is 0.499. The first kappa shape index (κ1) is 14.2. The molecule has 7 heteroatoms. The number of benzene rings is 1. The van der Waals surface area contributed by atoms with Gasteiger partial charge in [-0.3, -0.25) is 0 Å². The number of rotatable bonds is 4. The number of hydrogen-bond acceptors (Lipinski definition) is 7. The Labute approximate surface area is 114 Å². The Hall–Kier alpha value is -2.22. The minimum atomic E-state index is -2.09. The SMILES string of the molecule is NOC(=O)C(O)C(O)C(=O)OC1C=Cc2ccccc21. The molecule has 0 aromatic heterocycles. The molecule has 1 aromatic rings. The van der Waals surface area contributed by atoms with E-state index in [0.717, 1.165) is 11.1 Å². The van der Waals surface area contributed by atoms with E-state index in [2.05, 4.69) is 10.7 Å². The average Bonchev–Trinajstić information content (AvgIpc) is 2.88. The molecule has 3 unspecified atom stereocenters. The number of esters is 1. The summed E-state index contributed by atoms with van der Waals surface area (Å²) in [5, 5.41) is 18.8. The van der Waals surface area contributed by atoms with Crippen molar-refractivity contribution in [3.05, 3.63) is 41.5 Å². The molecule has 0 saturated heterocycles. The highest BCUT2D eigenvalue weighted by Gasteiger charge is 2.34. The van der Waals surface area contributed by atoms with Crippen molar-refractivity contribution < 1.29 is 29.4 Å². The lowest BCUT2D eigenvalue weighted by atomic mass is 10.1. The van der Waals surface area contributed by atoms with Crippen LogP contribution in [0.25, 0.3) is 6.08 Å². The lowest BCUT2D eigenvalue weighted by molar-refractivity contribution is -0.175. The van der Waals surface area contributed by atoms with E-state index in [1.54, 1.807) is 24.3 Å². The Morgan fingerprint density at radius 3 is 2.50 bits per heavy atom. The number of carbonyl (C=O) groups excluding carboxylic acids is 2. The predicted molar refractivity (Wildman–Crippen MR) is 66.6 cm³/mol. The van der Waals surface area contributed by atoms with Crippen molar-refractivity contribution in [2.45, 2.75) is 18.3 Å². The fourth-order valence-corrected chi connectivity index (χ4v) is 1.84. The number of nitrogens with two attached hydrogens (primary N) is 1. The second-order valence-electron chi connectivity index (χ2n) is 4.17. The molecule has 0 amide bonds. The van der Waals surface area contributed by atoms with Crippen LogP contribution < -0.4 is 5.90 Å². The van der Waals surface area contributed by atoms with Crippen LogP contribution in [0.3, 0.4) is 0 Å². The minimum Gasteiger partial charge on any atom is -0.451 e. The number of aliphatic hydroxyl groups is 2. The largest absolute Gasteiger partial charge is 0.451 e. The third-order valence-electron chi connectivity index (χ3n) is 2.89. The van der Waals surface area contributed by atoms with E-state index < -0.39 is 30.3 Å². The maximum atomic E-state index is 11.7. The number of carbonyl (C=O) groups is 2. The van der Waals surface area contributed by atoms with E-state index in [1.165, 1.54) is 0 Å². The lowest BCUT2D eigenvalue weighted by Crippen LogP contribution is -2.42. The molecule has 3 atom stereocenters. The van der Waals surface area contributed by atoms with Crippen LogP contribution >= 0.6 is 0 Å². The van der Waals surface area contributed by atoms with E-state index in [-0.39, 0.29) is 0 Å². The van der Waals surface area contributed by atoms with Gasteiger partial charge in [-0.1, -0.05) is 30.3 Å². The molecular formula is C13H13NO6.